The zero-order valence-electron chi connectivity index (χ0n) is 10.2. The van der Waals surface area contributed by atoms with Crippen LogP contribution in [0, 0.1) is 0 Å². The molecule has 0 aliphatic carbocycles. The first kappa shape index (κ1) is 11.7. The lowest BCUT2D eigenvalue weighted by Gasteiger charge is -2.04. The first-order valence-corrected chi connectivity index (χ1v) is 7.09. The molecule has 2 heterocycles. The van der Waals surface area contributed by atoms with E-state index in [1.807, 2.05) is 24.8 Å². The molecule has 0 saturated heterocycles. The van der Waals surface area contributed by atoms with Crippen molar-refractivity contribution < 1.29 is 4.52 Å². The molecule has 0 radical (unpaired) electrons. The van der Waals surface area contributed by atoms with Crippen molar-refractivity contribution >= 4 is 11.8 Å². The second kappa shape index (κ2) is 4.74. The SMILES string of the molecule is CCC(N)c1noc(C2CSc3ccccc32)n1. The largest absolute Gasteiger partial charge is 0.339 e. The maximum absolute atomic E-state index is 5.91. The molecule has 0 bridgehead atoms. The quantitative estimate of drug-likeness (QED) is 0.920. The second-order valence-corrected chi connectivity index (χ2v) is 5.47. The molecule has 0 amide bonds. The second-order valence-electron chi connectivity index (χ2n) is 4.41. The minimum atomic E-state index is -0.133. The molecule has 1 aromatic heterocycles. The molecule has 18 heavy (non-hydrogen) atoms. The van der Waals surface area contributed by atoms with Gasteiger partial charge in [0.25, 0.3) is 0 Å². The van der Waals surface area contributed by atoms with Crippen LogP contribution in [0.3, 0.4) is 0 Å². The molecule has 0 spiro atoms. The molecule has 2 atom stereocenters. The summed E-state index contributed by atoms with van der Waals surface area (Å²) in [5.74, 6) is 2.47. The highest BCUT2D eigenvalue weighted by atomic mass is 32.2. The molecular weight excluding hydrogens is 246 g/mol. The number of hydrogen-bond acceptors (Lipinski definition) is 5. The lowest BCUT2D eigenvalue weighted by atomic mass is 10.0. The highest BCUT2D eigenvalue weighted by Crippen LogP contribution is 2.42. The molecule has 1 aromatic carbocycles. The number of fused-ring (bicyclic) bond motifs is 1. The van der Waals surface area contributed by atoms with E-state index in [2.05, 4.69) is 28.3 Å². The van der Waals surface area contributed by atoms with E-state index in [1.54, 1.807) is 0 Å². The fraction of sp³-hybridized carbons (Fsp3) is 0.385. The number of nitrogens with two attached hydrogens (primary N) is 1. The Morgan fingerprint density at radius 2 is 2.33 bits per heavy atom. The van der Waals surface area contributed by atoms with E-state index in [0.29, 0.717) is 11.7 Å². The summed E-state index contributed by atoms with van der Waals surface area (Å²) in [6.07, 6.45) is 0.814. The van der Waals surface area contributed by atoms with Crippen molar-refractivity contribution in [3.63, 3.8) is 0 Å². The van der Waals surface area contributed by atoms with E-state index in [9.17, 15) is 0 Å². The Labute approximate surface area is 110 Å². The third-order valence-electron chi connectivity index (χ3n) is 3.23. The summed E-state index contributed by atoms with van der Waals surface area (Å²) >= 11 is 1.84. The Hall–Kier alpha value is -1.33. The Balaban J connectivity index is 1.91. The van der Waals surface area contributed by atoms with Crippen LogP contribution in [-0.4, -0.2) is 15.9 Å². The van der Waals surface area contributed by atoms with Crippen LogP contribution >= 0.6 is 11.8 Å². The van der Waals surface area contributed by atoms with Gasteiger partial charge < -0.3 is 10.3 Å². The average Bonchev–Trinajstić information content (AvgIpc) is 3.03. The maximum atomic E-state index is 5.91. The lowest BCUT2D eigenvalue weighted by molar-refractivity contribution is 0.363. The Morgan fingerprint density at radius 1 is 1.50 bits per heavy atom. The van der Waals surface area contributed by atoms with Crippen LogP contribution in [0.5, 0.6) is 0 Å². The van der Waals surface area contributed by atoms with Gasteiger partial charge in [-0.25, -0.2) is 0 Å². The highest BCUT2D eigenvalue weighted by Gasteiger charge is 2.29. The van der Waals surface area contributed by atoms with Gasteiger partial charge in [0.15, 0.2) is 5.82 Å². The number of nitrogens with zero attached hydrogens (tertiary/aromatic N) is 2. The van der Waals surface area contributed by atoms with E-state index in [4.69, 9.17) is 10.3 Å². The zero-order valence-corrected chi connectivity index (χ0v) is 11.0. The Morgan fingerprint density at radius 3 is 3.17 bits per heavy atom. The van der Waals surface area contributed by atoms with Gasteiger partial charge in [-0.15, -0.1) is 11.8 Å². The van der Waals surface area contributed by atoms with Crippen LogP contribution in [-0.2, 0) is 0 Å². The summed E-state index contributed by atoms with van der Waals surface area (Å²) in [6, 6.07) is 8.23. The van der Waals surface area contributed by atoms with Crippen molar-refractivity contribution in [2.24, 2.45) is 5.73 Å². The summed E-state index contributed by atoms with van der Waals surface area (Å²) in [4.78, 5) is 5.75. The van der Waals surface area contributed by atoms with E-state index in [-0.39, 0.29) is 12.0 Å². The van der Waals surface area contributed by atoms with Crippen molar-refractivity contribution in [3.8, 4) is 0 Å². The zero-order chi connectivity index (χ0) is 12.5. The summed E-state index contributed by atoms with van der Waals surface area (Å²) in [5, 5.41) is 3.98. The predicted molar refractivity (Wildman–Crippen MR) is 70.5 cm³/mol. The molecule has 0 fully saturated rings. The fourth-order valence-corrected chi connectivity index (χ4v) is 3.31. The molecule has 1 aliphatic heterocycles. The van der Waals surface area contributed by atoms with Crippen molar-refractivity contribution in [3.05, 3.63) is 41.5 Å². The molecular formula is C13H15N3OS. The maximum Gasteiger partial charge on any atom is 0.235 e. The number of aromatic nitrogens is 2. The number of benzene rings is 1. The van der Waals surface area contributed by atoms with Crippen LogP contribution in [0.4, 0.5) is 0 Å². The highest BCUT2D eigenvalue weighted by molar-refractivity contribution is 7.99. The summed E-state index contributed by atoms with van der Waals surface area (Å²) < 4.78 is 5.37. The molecule has 4 nitrogen and oxygen atoms in total. The molecule has 94 valence electrons. The van der Waals surface area contributed by atoms with Gasteiger partial charge in [0.1, 0.15) is 0 Å². The monoisotopic (exact) mass is 261 g/mol. The lowest BCUT2D eigenvalue weighted by Crippen LogP contribution is -2.10. The summed E-state index contributed by atoms with van der Waals surface area (Å²) in [7, 11) is 0. The number of rotatable bonds is 3. The van der Waals surface area contributed by atoms with Gasteiger partial charge in [-0.3, -0.25) is 0 Å². The van der Waals surface area contributed by atoms with E-state index >= 15 is 0 Å². The van der Waals surface area contributed by atoms with Crippen LogP contribution in [0.25, 0.3) is 0 Å². The predicted octanol–water partition coefficient (Wildman–Crippen LogP) is 2.72. The standard InChI is InChI=1S/C13H15N3OS/c1-2-10(14)12-15-13(17-16-12)9-7-18-11-6-4-3-5-8(9)11/h3-6,9-10H,2,7,14H2,1H3. The average molecular weight is 261 g/mol. The Kier molecular flexibility index (Phi) is 3.09. The van der Waals surface area contributed by atoms with Gasteiger partial charge >= 0.3 is 0 Å². The molecule has 5 heteroatoms. The minimum absolute atomic E-state index is 0.133. The third kappa shape index (κ3) is 1.93. The van der Waals surface area contributed by atoms with Crippen molar-refractivity contribution in [2.45, 2.75) is 30.2 Å². The smallest absolute Gasteiger partial charge is 0.235 e. The van der Waals surface area contributed by atoms with Gasteiger partial charge in [-0.1, -0.05) is 30.3 Å². The van der Waals surface area contributed by atoms with Crippen LogP contribution in [0.15, 0.2) is 33.7 Å². The summed E-state index contributed by atoms with van der Waals surface area (Å²) in [6.45, 7) is 2.02. The van der Waals surface area contributed by atoms with Crippen LogP contribution in [0.1, 0.15) is 42.6 Å². The van der Waals surface area contributed by atoms with Gasteiger partial charge in [0.2, 0.25) is 5.89 Å². The van der Waals surface area contributed by atoms with Crippen molar-refractivity contribution in [1.82, 2.24) is 10.1 Å². The molecule has 0 saturated carbocycles. The van der Waals surface area contributed by atoms with E-state index < -0.39 is 0 Å². The van der Waals surface area contributed by atoms with Crippen LogP contribution in [0.2, 0.25) is 0 Å². The van der Waals surface area contributed by atoms with Crippen molar-refractivity contribution in [2.75, 3.05) is 5.75 Å². The van der Waals surface area contributed by atoms with E-state index in [0.717, 1.165) is 12.2 Å². The molecule has 2 N–H and O–H groups in total. The van der Waals surface area contributed by atoms with Crippen LogP contribution < -0.4 is 5.73 Å². The molecule has 2 unspecified atom stereocenters. The van der Waals surface area contributed by atoms with Gasteiger partial charge in [-0.05, 0) is 18.1 Å². The first-order valence-electron chi connectivity index (χ1n) is 6.10. The number of hydrogen-bond donors (Lipinski definition) is 1. The Bertz CT molecular complexity index is 555. The van der Waals surface area contributed by atoms with Gasteiger partial charge in [0, 0.05) is 10.6 Å². The molecule has 3 rings (SSSR count). The minimum Gasteiger partial charge on any atom is -0.339 e. The normalized spacial score (nSPS) is 19.8. The first-order chi connectivity index (χ1) is 8.79. The van der Waals surface area contributed by atoms with E-state index in [1.165, 1.54) is 10.5 Å². The molecule has 2 aromatic rings. The van der Waals surface area contributed by atoms with Gasteiger partial charge in [0.05, 0.1) is 12.0 Å². The molecule has 1 aliphatic rings. The third-order valence-corrected chi connectivity index (χ3v) is 4.41. The number of thioether (sulfide) groups is 1. The fourth-order valence-electron chi connectivity index (χ4n) is 2.09. The topological polar surface area (TPSA) is 64.9 Å². The van der Waals surface area contributed by atoms with Crippen molar-refractivity contribution in [1.29, 1.82) is 0 Å². The van der Waals surface area contributed by atoms with Gasteiger partial charge in [-0.2, -0.15) is 4.98 Å². The summed E-state index contributed by atoms with van der Waals surface area (Å²) in [5.41, 5.74) is 7.19.